The number of nitrogens with two attached hydrogens (primary N) is 1. The van der Waals surface area contributed by atoms with E-state index in [9.17, 15) is 0 Å². The Morgan fingerprint density at radius 1 is 1.12 bits per heavy atom. The molecular formula is C11H8Br2N2S. The Bertz CT molecular complexity index is 517. The highest BCUT2D eigenvalue weighted by atomic mass is 79.9. The van der Waals surface area contributed by atoms with Crippen molar-refractivity contribution in [3.05, 3.63) is 45.5 Å². The second kappa shape index (κ2) is 5.21. The zero-order valence-electron chi connectivity index (χ0n) is 8.15. The molecule has 5 heteroatoms. The average molecular weight is 360 g/mol. The average Bonchev–Trinajstić information content (AvgIpc) is 2.25. The van der Waals surface area contributed by atoms with Gasteiger partial charge in [-0.05, 0) is 62.2 Å². The van der Waals surface area contributed by atoms with E-state index in [0.29, 0.717) is 0 Å². The van der Waals surface area contributed by atoms with Crippen molar-refractivity contribution in [2.75, 3.05) is 5.73 Å². The second-order valence-corrected chi connectivity index (χ2v) is 5.82. The number of nitrogen functional groups attached to an aromatic ring is 1. The van der Waals surface area contributed by atoms with E-state index in [4.69, 9.17) is 5.73 Å². The summed E-state index contributed by atoms with van der Waals surface area (Å²) in [5.74, 6) is 0. The molecule has 0 unspecified atom stereocenters. The summed E-state index contributed by atoms with van der Waals surface area (Å²) >= 11 is 8.54. The molecule has 0 amide bonds. The number of benzene rings is 1. The van der Waals surface area contributed by atoms with Crippen LogP contribution in [-0.4, -0.2) is 4.98 Å². The highest BCUT2D eigenvalue weighted by Gasteiger charge is 2.06. The standard InChI is InChI=1S/C11H8Br2N2S/c12-8-2-1-5-15-11(8)16-10-4-3-7(14)6-9(10)13/h1-6H,14H2. The van der Waals surface area contributed by atoms with E-state index >= 15 is 0 Å². The number of nitrogens with zero attached hydrogens (tertiary/aromatic N) is 1. The van der Waals surface area contributed by atoms with Crippen LogP contribution in [0, 0.1) is 0 Å². The van der Waals surface area contributed by atoms with Crippen molar-refractivity contribution in [2.24, 2.45) is 0 Å². The van der Waals surface area contributed by atoms with Crippen molar-refractivity contribution >= 4 is 49.3 Å². The van der Waals surface area contributed by atoms with Gasteiger partial charge in [0.05, 0.1) is 4.47 Å². The summed E-state index contributed by atoms with van der Waals surface area (Å²) in [5, 5.41) is 0.938. The number of pyridine rings is 1. The van der Waals surface area contributed by atoms with E-state index in [2.05, 4.69) is 36.8 Å². The fraction of sp³-hybridized carbons (Fsp3) is 0. The molecule has 0 radical (unpaired) electrons. The lowest BCUT2D eigenvalue weighted by Crippen LogP contribution is -1.86. The molecule has 16 heavy (non-hydrogen) atoms. The lowest BCUT2D eigenvalue weighted by atomic mass is 10.3. The van der Waals surface area contributed by atoms with Gasteiger partial charge in [0.2, 0.25) is 0 Å². The SMILES string of the molecule is Nc1ccc(Sc2ncccc2Br)c(Br)c1. The van der Waals surface area contributed by atoms with E-state index in [1.807, 2.05) is 30.3 Å². The first kappa shape index (κ1) is 12.0. The number of hydrogen-bond donors (Lipinski definition) is 1. The molecule has 0 atom stereocenters. The van der Waals surface area contributed by atoms with Gasteiger partial charge in [0, 0.05) is 21.3 Å². The summed E-state index contributed by atoms with van der Waals surface area (Å²) < 4.78 is 1.97. The van der Waals surface area contributed by atoms with Crippen LogP contribution in [0.25, 0.3) is 0 Å². The molecule has 1 aromatic heterocycles. The van der Waals surface area contributed by atoms with Crippen LogP contribution < -0.4 is 5.73 Å². The predicted molar refractivity (Wildman–Crippen MR) is 74.6 cm³/mol. The Hall–Kier alpha value is -0.520. The Balaban J connectivity index is 2.31. The van der Waals surface area contributed by atoms with Crippen LogP contribution >= 0.6 is 43.6 Å². The van der Waals surface area contributed by atoms with Gasteiger partial charge in [0.25, 0.3) is 0 Å². The van der Waals surface area contributed by atoms with Gasteiger partial charge < -0.3 is 5.73 Å². The van der Waals surface area contributed by atoms with E-state index in [-0.39, 0.29) is 0 Å². The van der Waals surface area contributed by atoms with E-state index in [1.165, 1.54) is 0 Å². The molecule has 0 spiro atoms. The minimum Gasteiger partial charge on any atom is -0.399 e. The van der Waals surface area contributed by atoms with Crippen LogP contribution in [0.1, 0.15) is 0 Å². The summed E-state index contributed by atoms with van der Waals surface area (Å²) in [7, 11) is 0. The Labute approximate surface area is 115 Å². The van der Waals surface area contributed by atoms with Gasteiger partial charge in [-0.25, -0.2) is 4.98 Å². The fourth-order valence-electron chi connectivity index (χ4n) is 1.15. The van der Waals surface area contributed by atoms with Gasteiger partial charge in [-0.15, -0.1) is 0 Å². The van der Waals surface area contributed by atoms with Crippen molar-refractivity contribution in [1.82, 2.24) is 4.98 Å². The minimum atomic E-state index is 0.747. The highest BCUT2D eigenvalue weighted by molar-refractivity contribution is 9.11. The Kier molecular flexibility index (Phi) is 3.89. The molecule has 0 fully saturated rings. The number of aromatic nitrogens is 1. The number of rotatable bonds is 2. The first-order valence-corrected chi connectivity index (χ1v) is 6.90. The van der Waals surface area contributed by atoms with Gasteiger partial charge in [-0.2, -0.15) is 0 Å². The number of halogens is 2. The van der Waals surface area contributed by atoms with Crippen LogP contribution in [0.3, 0.4) is 0 Å². The van der Waals surface area contributed by atoms with Crippen molar-refractivity contribution in [2.45, 2.75) is 9.92 Å². The monoisotopic (exact) mass is 358 g/mol. The van der Waals surface area contributed by atoms with E-state index in [0.717, 1.165) is 24.6 Å². The van der Waals surface area contributed by atoms with Crippen LogP contribution in [0.5, 0.6) is 0 Å². The molecule has 2 rings (SSSR count). The van der Waals surface area contributed by atoms with Crippen molar-refractivity contribution in [3.8, 4) is 0 Å². The molecule has 0 aliphatic heterocycles. The van der Waals surface area contributed by atoms with Gasteiger partial charge >= 0.3 is 0 Å². The summed E-state index contributed by atoms with van der Waals surface area (Å²) in [6.07, 6.45) is 1.78. The summed E-state index contributed by atoms with van der Waals surface area (Å²) in [6.45, 7) is 0. The molecule has 1 aromatic carbocycles. The molecule has 2 aromatic rings. The molecule has 0 aliphatic carbocycles. The van der Waals surface area contributed by atoms with Crippen molar-refractivity contribution in [1.29, 1.82) is 0 Å². The second-order valence-electron chi connectivity index (χ2n) is 3.08. The smallest absolute Gasteiger partial charge is 0.115 e. The third kappa shape index (κ3) is 2.78. The fourth-order valence-corrected chi connectivity index (χ4v) is 3.07. The molecule has 1 heterocycles. The summed E-state index contributed by atoms with van der Waals surface area (Å²) in [6, 6.07) is 9.61. The van der Waals surface area contributed by atoms with Gasteiger partial charge in [0.15, 0.2) is 0 Å². The van der Waals surface area contributed by atoms with Gasteiger partial charge in [-0.1, -0.05) is 11.8 Å². The quantitative estimate of drug-likeness (QED) is 0.810. The molecule has 0 bridgehead atoms. The third-order valence-electron chi connectivity index (χ3n) is 1.89. The van der Waals surface area contributed by atoms with E-state index in [1.54, 1.807) is 18.0 Å². The minimum absolute atomic E-state index is 0.747. The zero-order valence-corrected chi connectivity index (χ0v) is 12.1. The molecule has 2 N–H and O–H groups in total. The van der Waals surface area contributed by atoms with Crippen LogP contribution in [0.15, 0.2) is 55.4 Å². The zero-order chi connectivity index (χ0) is 11.5. The Morgan fingerprint density at radius 3 is 2.62 bits per heavy atom. The maximum Gasteiger partial charge on any atom is 0.115 e. The third-order valence-corrected chi connectivity index (χ3v) is 4.80. The highest BCUT2D eigenvalue weighted by Crippen LogP contribution is 2.36. The first-order valence-electron chi connectivity index (χ1n) is 4.50. The van der Waals surface area contributed by atoms with Crippen LogP contribution in [-0.2, 0) is 0 Å². The van der Waals surface area contributed by atoms with Gasteiger partial charge in [-0.3, -0.25) is 0 Å². The lowest BCUT2D eigenvalue weighted by molar-refractivity contribution is 1.11. The molecule has 2 nitrogen and oxygen atoms in total. The van der Waals surface area contributed by atoms with Crippen molar-refractivity contribution in [3.63, 3.8) is 0 Å². The van der Waals surface area contributed by atoms with Crippen LogP contribution in [0.2, 0.25) is 0 Å². The largest absolute Gasteiger partial charge is 0.399 e. The maximum atomic E-state index is 5.69. The topological polar surface area (TPSA) is 38.9 Å². The maximum absolute atomic E-state index is 5.69. The molecule has 0 saturated carbocycles. The van der Waals surface area contributed by atoms with Crippen LogP contribution in [0.4, 0.5) is 5.69 Å². The molecular weight excluding hydrogens is 352 g/mol. The molecule has 82 valence electrons. The Morgan fingerprint density at radius 2 is 1.94 bits per heavy atom. The summed E-state index contributed by atoms with van der Waals surface area (Å²) in [4.78, 5) is 5.39. The molecule has 0 aliphatic rings. The normalized spacial score (nSPS) is 10.4. The van der Waals surface area contributed by atoms with Gasteiger partial charge in [0.1, 0.15) is 5.03 Å². The van der Waals surface area contributed by atoms with E-state index < -0.39 is 0 Å². The molecule has 0 saturated heterocycles. The number of anilines is 1. The summed E-state index contributed by atoms with van der Waals surface area (Å²) in [5.41, 5.74) is 6.43. The first-order chi connectivity index (χ1) is 7.66. The lowest BCUT2D eigenvalue weighted by Gasteiger charge is -2.05. The van der Waals surface area contributed by atoms with Crippen molar-refractivity contribution < 1.29 is 0 Å². The number of hydrogen-bond acceptors (Lipinski definition) is 3. The predicted octanol–water partition coefficient (Wildman–Crippen LogP) is 4.34.